The first kappa shape index (κ1) is 27.9. The van der Waals surface area contributed by atoms with E-state index in [2.05, 4.69) is 0 Å². The first-order valence-corrected chi connectivity index (χ1v) is 12.3. The van der Waals surface area contributed by atoms with Crippen LogP contribution in [-0.4, -0.2) is 91.6 Å². The second-order valence-electron chi connectivity index (χ2n) is 9.39. The summed E-state index contributed by atoms with van der Waals surface area (Å²) in [5.41, 5.74) is 1.81. The maximum Gasteiger partial charge on any atom is 0.309 e. The Kier molecular flexibility index (Phi) is 8.95. The van der Waals surface area contributed by atoms with Crippen molar-refractivity contribution in [3.63, 3.8) is 0 Å². The predicted molar refractivity (Wildman–Crippen MR) is 132 cm³/mol. The molecule has 2 aromatic rings. The van der Waals surface area contributed by atoms with Crippen molar-refractivity contribution in [2.75, 3.05) is 34.5 Å². The number of esters is 1. The third-order valence-corrected chi connectivity index (χ3v) is 7.03. The van der Waals surface area contributed by atoms with Gasteiger partial charge in [-0.15, -0.1) is 0 Å². The highest BCUT2D eigenvalue weighted by atomic mass is 16.7. The van der Waals surface area contributed by atoms with E-state index in [-0.39, 0.29) is 23.6 Å². The molecule has 4 rings (SSSR count). The van der Waals surface area contributed by atoms with E-state index in [9.17, 15) is 25.2 Å². The summed E-state index contributed by atoms with van der Waals surface area (Å²) < 4.78 is 32.7. The number of aliphatic hydroxyl groups is 4. The monoisotopic (exact) mass is 534 g/mol. The standard InChI is InChI=1S/C27H34O11/c1-33-18-6-4-15(11-20(18)34-2)9-17-16(13-36-26(17)32)8-14-5-7-19(21(10-14)35-3)37-27-25(31)24(30)23(29)22(12-28)38-27/h4-7,10-11,16-17,22-25,27-31H,8-9,12-13H2,1-3H3/t16-,17+,22-,23+,24+,25+,27+/m0/s1. The molecule has 0 amide bonds. The molecule has 0 aliphatic carbocycles. The van der Waals surface area contributed by atoms with Crippen molar-refractivity contribution in [1.29, 1.82) is 0 Å². The highest BCUT2D eigenvalue weighted by molar-refractivity contribution is 5.75. The van der Waals surface area contributed by atoms with Gasteiger partial charge in [0.1, 0.15) is 24.4 Å². The van der Waals surface area contributed by atoms with Crippen molar-refractivity contribution in [1.82, 2.24) is 0 Å². The molecule has 4 N–H and O–H groups in total. The molecule has 0 unspecified atom stereocenters. The summed E-state index contributed by atoms with van der Waals surface area (Å²) in [5, 5.41) is 39.7. The summed E-state index contributed by atoms with van der Waals surface area (Å²) in [7, 11) is 4.59. The van der Waals surface area contributed by atoms with Gasteiger partial charge in [0.25, 0.3) is 0 Å². The van der Waals surface area contributed by atoms with Crippen LogP contribution >= 0.6 is 0 Å². The van der Waals surface area contributed by atoms with Crippen LogP contribution in [0.15, 0.2) is 36.4 Å². The van der Waals surface area contributed by atoms with Crippen LogP contribution in [0.3, 0.4) is 0 Å². The Balaban J connectivity index is 1.47. The first-order chi connectivity index (χ1) is 18.3. The largest absolute Gasteiger partial charge is 0.493 e. The van der Waals surface area contributed by atoms with Crippen LogP contribution in [0.2, 0.25) is 0 Å². The minimum Gasteiger partial charge on any atom is -0.493 e. The third kappa shape index (κ3) is 5.82. The number of carbonyl (C=O) groups is 1. The smallest absolute Gasteiger partial charge is 0.309 e. The van der Waals surface area contributed by atoms with Crippen LogP contribution in [-0.2, 0) is 27.1 Å². The summed E-state index contributed by atoms with van der Waals surface area (Å²) in [6.07, 6.45) is -5.99. The second kappa shape index (κ2) is 12.2. The zero-order valence-electron chi connectivity index (χ0n) is 21.5. The zero-order valence-corrected chi connectivity index (χ0v) is 21.5. The fourth-order valence-electron chi connectivity index (χ4n) is 4.85. The average molecular weight is 535 g/mol. The molecule has 7 atom stereocenters. The van der Waals surface area contributed by atoms with E-state index in [4.69, 9.17) is 28.4 Å². The van der Waals surface area contributed by atoms with Gasteiger partial charge in [0, 0.05) is 5.92 Å². The van der Waals surface area contributed by atoms with Crippen LogP contribution in [0, 0.1) is 11.8 Å². The summed E-state index contributed by atoms with van der Waals surface area (Å²) in [5.74, 6) is 1.12. The van der Waals surface area contributed by atoms with Crippen LogP contribution in [0.5, 0.6) is 23.0 Å². The molecule has 11 heteroatoms. The molecule has 0 bridgehead atoms. The lowest BCUT2D eigenvalue weighted by Crippen LogP contribution is -2.60. The molecular formula is C27H34O11. The maximum atomic E-state index is 12.6. The number of carbonyl (C=O) groups excluding carboxylic acids is 1. The summed E-state index contributed by atoms with van der Waals surface area (Å²) in [6, 6.07) is 10.8. The third-order valence-electron chi connectivity index (χ3n) is 7.03. The van der Waals surface area contributed by atoms with Gasteiger partial charge in [-0.1, -0.05) is 12.1 Å². The van der Waals surface area contributed by atoms with Crippen molar-refractivity contribution in [3.8, 4) is 23.0 Å². The lowest BCUT2D eigenvalue weighted by Gasteiger charge is -2.39. The highest BCUT2D eigenvalue weighted by Crippen LogP contribution is 2.36. The Morgan fingerprint density at radius 3 is 2.05 bits per heavy atom. The number of benzene rings is 2. The summed E-state index contributed by atoms with van der Waals surface area (Å²) in [4.78, 5) is 12.6. The molecule has 2 aliphatic heterocycles. The molecule has 0 aromatic heterocycles. The number of methoxy groups -OCH3 is 3. The van der Waals surface area contributed by atoms with E-state index >= 15 is 0 Å². The lowest BCUT2D eigenvalue weighted by molar-refractivity contribution is -0.277. The van der Waals surface area contributed by atoms with E-state index in [1.165, 1.54) is 7.11 Å². The minimum absolute atomic E-state index is 0.0717. The molecule has 2 aliphatic rings. The van der Waals surface area contributed by atoms with Gasteiger partial charge in [0.05, 0.1) is 40.5 Å². The summed E-state index contributed by atoms with van der Waals surface area (Å²) in [6.45, 7) is -0.268. The van der Waals surface area contributed by atoms with Crippen molar-refractivity contribution in [3.05, 3.63) is 47.5 Å². The molecule has 38 heavy (non-hydrogen) atoms. The molecular weight excluding hydrogens is 500 g/mol. The fraction of sp³-hybridized carbons (Fsp3) is 0.519. The predicted octanol–water partition coefficient (Wildman–Crippen LogP) is 0.466. The SMILES string of the molecule is COc1ccc(C[C@H]2C(=O)OC[C@@H]2Cc2ccc(O[C@@H]3O[C@@H](CO)[C@@H](O)[C@@H](O)[C@H]3O)c(OC)c2)cc1OC. The Bertz CT molecular complexity index is 1100. The molecule has 2 saturated heterocycles. The van der Waals surface area contributed by atoms with Gasteiger partial charge in [0.2, 0.25) is 6.29 Å². The van der Waals surface area contributed by atoms with Gasteiger partial charge in [-0.25, -0.2) is 0 Å². The van der Waals surface area contributed by atoms with E-state index in [1.807, 2.05) is 18.2 Å². The molecule has 208 valence electrons. The molecule has 2 heterocycles. The molecule has 2 fully saturated rings. The van der Waals surface area contributed by atoms with Crippen LogP contribution < -0.4 is 18.9 Å². The Morgan fingerprint density at radius 2 is 1.42 bits per heavy atom. The van der Waals surface area contributed by atoms with Crippen LogP contribution in [0.25, 0.3) is 0 Å². The number of hydrogen-bond donors (Lipinski definition) is 4. The summed E-state index contributed by atoms with van der Waals surface area (Å²) >= 11 is 0. The van der Waals surface area contributed by atoms with Gasteiger partial charge in [-0.3, -0.25) is 4.79 Å². The topological polar surface area (TPSA) is 153 Å². The number of hydrogen-bond acceptors (Lipinski definition) is 11. The Labute approximate surface area is 220 Å². The number of aliphatic hydroxyl groups excluding tert-OH is 4. The van der Waals surface area contributed by atoms with E-state index < -0.39 is 37.3 Å². The normalized spacial score (nSPS) is 29.0. The Hall–Kier alpha value is -3.09. The van der Waals surface area contributed by atoms with Gasteiger partial charge < -0.3 is 48.8 Å². The molecule has 0 radical (unpaired) electrons. The maximum absolute atomic E-state index is 12.6. The minimum atomic E-state index is -1.56. The fourth-order valence-corrected chi connectivity index (χ4v) is 4.85. The van der Waals surface area contributed by atoms with E-state index in [1.54, 1.807) is 32.4 Å². The van der Waals surface area contributed by atoms with Gasteiger partial charge in [0.15, 0.2) is 23.0 Å². The Morgan fingerprint density at radius 1 is 0.816 bits per heavy atom. The van der Waals surface area contributed by atoms with Crippen molar-refractivity contribution in [2.45, 2.75) is 43.5 Å². The van der Waals surface area contributed by atoms with Crippen molar-refractivity contribution >= 4 is 5.97 Å². The van der Waals surface area contributed by atoms with Gasteiger partial charge in [-0.05, 0) is 48.2 Å². The number of ether oxygens (including phenoxy) is 6. The quantitative estimate of drug-likeness (QED) is 0.315. The molecule has 2 aromatic carbocycles. The molecule has 0 saturated carbocycles. The van der Waals surface area contributed by atoms with E-state index in [0.29, 0.717) is 36.7 Å². The van der Waals surface area contributed by atoms with E-state index in [0.717, 1.165) is 11.1 Å². The van der Waals surface area contributed by atoms with Gasteiger partial charge >= 0.3 is 5.97 Å². The number of cyclic esters (lactones) is 1. The average Bonchev–Trinajstić information content (AvgIpc) is 3.27. The van der Waals surface area contributed by atoms with Crippen LogP contribution in [0.1, 0.15) is 11.1 Å². The first-order valence-electron chi connectivity index (χ1n) is 12.3. The lowest BCUT2D eigenvalue weighted by atomic mass is 9.85. The highest BCUT2D eigenvalue weighted by Gasteiger charge is 2.45. The number of rotatable bonds is 10. The van der Waals surface area contributed by atoms with Crippen LogP contribution in [0.4, 0.5) is 0 Å². The molecule has 11 nitrogen and oxygen atoms in total. The second-order valence-corrected chi connectivity index (χ2v) is 9.39. The van der Waals surface area contributed by atoms with Gasteiger partial charge in [-0.2, -0.15) is 0 Å². The van der Waals surface area contributed by atoms with Crippen molar-refractivity contribution < 1.29 is 53.6 Å². The zero-order chi connectivity index (χ0) is 27.4. The van der Waals surface area contributed by atoms with Crippen molar-refractivity contribution in [2.24, 2.45) is 11.8 Å². The molecule has 0 spiro atoms.